The second kappa shape index (κ2) is 4.69. The molecular weight excluding hydrogens is 285 g/mol. The van der Waals surface area contributed by atoms with E-state index < -0.39 is 5.95 Å². The summed E-state index contributed by atoms with van der Waals surface area (Å²) >= 11 is 17.8. The van der Waals surface area contributed by atoms with E-state index in [0.717, 1.165) is 0 Å². The van der Waals surface area contributed by atoms with Crippen LogP contribution in [-0.2, 0) is 0 Å². The van der Waals surface area contributed by atoms with Gasteiger partial charge in [0.2, 0.25) is 5.95 Å². The van der Waals surface area contributed by atoms with Crippen LogP contribution in [0.3, 0.4) is 0 Å². The third-order valence-corrected chi connectivity index (χ3v) is 3.19. The number of pyridine rings is 1. The molecule has 1 aromatic heterocycles. The van der Waals surface area contributed by atoms with Crippen molar-refractivity contribution in [3.63, 3.8) is 0 Å². The summed E-state index contributed by atoms with van der Waals surface area (Å²) in [7, 11) is 0. The van der Waals surface area contributed by atoms with Gasteiger partial charge in [-0.05, 0) is 18.2 Å². The van der Waals surface area contributed by atoms with Crippen molar-refractivity contribution < 1.29 is 4.39 Å². The topological polar surface area (TPSA) is 38.9 Å². The Bertz CT molecular complexity index is 587. The fourth-order valence-corrected chi connectivity index (χ4v) is 2.09. The predicted molar refractivity (Wildman–Crippen MR) is 69.1 cm³/mol. The van der Waals surface area contributed by atoms with E-state index in [2.05, 4.69) is 4.98 Å². The van der Waals surface area contributed by atoms with Gasteiger partial charge in [-0.25, -0.2) is 4.98 Å². The molecule has 0 bridgehead atoms. The van der Waals surface area contributed by atoms with Crippen LogP contribution in [0.2, 0.25) is 15.1 Å². The van der Waals surface area contributed by atoms with E-state index in [0.29, 0.717) is 26.2 Å². The molecule has 88 valence electrons. The Balaban J connectivity index is 2.64. The van der Waals surface area contributed by atoms with Gasteiger partial charge in [0.1, 0.15) is 0 Å². The van der Waals surface area contributed by atoms with Gasteiger partial charge >= 0.3 is 0 Å². The monoisotopic (exact) mass is 290 g/mol. The first-order valence-corrected chi connectivity index (χ1v) is 5.68. The highest BCUT2D eigenvalue weighted by Crippen LogP contribution is 2.36. The summed E-state index contributed by atoms with van der Waals surface area (Å²) in [6, 6.07) is 4.57. The number of aromatic nitrogens is 1. The Hall–Kier alpha value is -1.03. The van der Waals surface area contributed by atoms with E-state index in [1.807, 2.05) is 0 Å². The smallest absolute Gasteiger partial charge is 0.236 e. The first kappa shape index (κ1) is 12.4. The molecule has 2 rings (SSSR count). The molecule has 0 saturated carbocycles. The van der Waals surface area contributed by atoms with Gasteiger partial charge in [0, 0.05) is 22.3 Å². The van der Waals surface area contributed by atoms with Crippen molar-refractivity contribution in [3.8, 4) is 11.1 Å². The Morgan fingerprint density at radius 3 is 2.47 bits per heavy atom. The highest BCUT2D eigenvalue weighted by molar-refractivity contribution is 6.45. The Kier molecular flexibility index (Phi) is 3.43. The number of halogens is 4. The van der Waals surface area contributed by atoms with Crippen molar-refractivity contribution in [2.75, 3.05) is 5.73 Å². The molecule has 2 nitrogen and oxygen atoms in total. The molecule has 1 heterocycles. The third-order valence-electron chi connectivity index (χ3n) is 2.17. The number of anilines is 1. The quantitative estimate of drug-likeness (QED) is 0.623. The molecule has 1 aromatic carbocycles. The van der Waals surface area contributed by atoms with Gasteiger partial charge in [-0.1, -0.05) is 34.8 Å². The fourth-order valence-electron chi connectivity index (χ4n) is 1.38. The maximum absolute atomic E-state index is 13.0. The van der Waals surface area contributed by atoms with Crippen LogP contribution in [0.15, 0.2) is 24.4 Å². The summed E-state index contributed by atoms with van der Waals surface area (Å²) in [6.07, 6.45) is 1.32. The number of rotatable bonds is 1. The van der Waals surface area contributed by atoms with E-state index in [1.54, 1.807) is 6.07 Å². The second-order valence-corrected chi connectivity index (χ2v) is 4.57. The number of benzene rings is 1. The first-order chi connectivity index (χ1) is 7.99. The van der Waals surface area contributed by atoms with Gasteiger partial charge in [-0.15, -0.1) is 0 Å². The highest BCUT2D eigenvalue weighted by atomic mass is 35.5. The van der Waals surface area contributed by atoms with Crippen molar-refractivity contribution in [2.24, 2.45) is 0 Å². The van der Waals surface area contributed by atoms with E-state index in [9.17, 15) is 4.39 Å². The molecule has 0 radical (unpaired) electrons. The zero-order valence-electron chi connectivity index (χ0n) is 8.35. The summed E-state index contributed by atoms with van der Waals surface area (Å²) < 4.78 is 13.0. The molecule has 6 heteroatoms. The van der Waals surface area contributed by atoms with Crippen LogP contribution in [0.1, 0.15) is 0 Å². The Morgan fingerprint density at radius 2 is 1.82 bits per heavy atom. The molecule has 2 N–H and O–H groups in total. The van der Waals surface area contributed by atoms with Gasteiger partial charge in [0.05, 0.1) is 15.7 Å². The van der Waals surface area contributed by atoms with Crippen LogP contribution >= 0.6 is 34.8 Å². The van der Waals surface area contributed by atoms with Gasteiger partial charge in [0.15, 0.2) is 0 Å². The Morgan fingerprint density at radius 1 is 1.12 bits per heavy atom. The van der Waals surface area contributed by atoms with Crippen LogP contribution in [0.4, 0.5) is 10.1 Å². The zero-order valence-corrected chi connectivity index (χ0v) is 10.6. The standard InChI is InChI=1S/C11H6Cl3FN2/c12-6-2-7(10(14)8(13)3-6)5-1-9(16)11(15)17-4-5/h1-4H,16H2. The van der Waals surface area contributed by atoms with Gasteiger partial charge in [-0.2, -0.15) is 4.39 Å². The lowest BCUT2D eigenvalue weighted by Gasteiger charge is -2.07. The molecule has 0 aliphatic rings. The van der Waals surface area contributed by atoms with Crippen molar-refractivity contribution in [1.82, 2.24) is 4.98 Å². The van der Waals surface area contributed by atoms with Gasteiger partial charge in [0.25, 0.3) is 0 Å². The second-order valence-electron chi connectivity index (χ2n) is 3.35. The van der Waals surface area contributed by atoms with Crippen molar-refractivity contribution in [1.29, 1.82) is 0 Å². The maximum Gasteiger partial charge on any atom is 0.236 e. The van der Waals surface area contributed by atoms with Crippen LogP contribution in [0, 0.1) is 5.95 Å². The molecule has 2 aromatic rings. The number of nitrogens with two attached hydrogens (primary N) is 1. The average molecular weight is 292 g/mol. The molecule has 17 heavy (non-hydrogen) atoms. The number of hydrogen-bond acceptors (Lipinski definition) is 2. The van der Waals surface area contributed by atoms with E-state index in [-0.39, 0.29) is 5.69 Å². The highest BCUT2D eigenvalue weighted by Gasteiger charge is 2.11. The minimum atomic E-state index is -0.724. The summed E-state index contributed by atoms with van der Waals surface area (Å²) in [6.45, 7) is 0. The average Bonchev–Trinajstić information content (AvgIpc) is 2.27. The molecule has 0 unspecified atom stereocenters. The predicted octanol–water partition coefficient (Wildman–Crippen LogP) is 4.43. The van der Waals surface area contributed by atoms with Gasteiger partial charge < -0.3 is 5.73 Å². The van der Waals surface area contributed by atoms with Crippen LogP contribution in [0.25, 0.3) is 11.1 Å². The molecule has 0 amide bonds. The molecule has 0 spiro atoms. The van der Waals surface area contributed by atoms with Crippen molar-refractivity contribution >= 4 is 40.5 Å². The van der Waals surface area contributed by atoms with Crippen molar-refractivity contribution in [3.05, 3.63) is 45.4 Å². The van der Waals surface area contributed by atoms with E-state index in [4.69, 9.17) is 40.5 Å². The van der Waals surface area contributed by atoms with Gasteiger partial charge in [-0.3, -0.25) is 0 Å². The van der Waals surface area contributed by atoms with E-state index in [1.165, 1.54) is 18.3 Å². The van der Waals surface area contributed by atoms with Crippen molar-refractivity contribution in [2.45, 2.75) is 0 Å². The summed E-state index contributed by atoms with van der Waals surface area (Å²) in [4.78, 5) is 3.52. The zero-order chi connectivity index (χ0) is 12.6. The molecule has 0 aliphatic carbocycles. The minimum absolute atomic E-state index is 0.0605. The molecule has 0 aliphatic heterocycles. The third kappa shape index (κ3) is 2.46. The molecule has 0 atom stereocenters. The largest absolute Gasteiger partial charge is 0.395 e. The SMILES string of the molecule is Nc1cc(-c2cc(Cl)cc(Cl)c2Cl)cnc1F. The molecule has 0 saturated heterocycles. The van der Waals surface area contributed by atoms with Crippen LogP contribution in [-0.4, -0.2) is 4.98 Å². The lowest BCUT2D eigenvalue weighted by Crippen LogP contribution is -1.94. The van der Waals surface area contributed by atoms with E-state index >= 15 is 0 Å². The Labute approximate surface area is 112 Å². The number of hydrogen-bond donors (Lipinski definition) is 1. The molecular formula is C11H6Cl3FN2. The lowest BCUT2D eigenvalue weighted by molar-refractivity contribution is 0.589. The van der Waals surface area contributed by atoms with Crippen LogP contribution < -0.4 is 5.73 Å². The number of nitrogen functional groups attached to an aromatic ring is 1. The molecule has 0 fully saturated rings. The number of nitrogens with zero attached hydrogens (tertiary/aromatic N) is 1. The minimum Gasteiger partial charge on any atom is -0.395 e. The van der Waals surface area contributed by atoms with Crippen LogP contribution in [0.5, 0.6) is 0 Å². The fraction of sp³-hybridized carbons (Fsp3) is 0. The summed E-state index contributed by atoms with van der Waals surface area (Å²) in [5.41, 5.74) is 6.49. The first-order valence-electron chi connectivity index (χ1n) is 4.55. The summed E-state index contributed by atoms with van der Waals surface area (Å²) in [5.74, 6) is -0.724. The lowest BCUT2D eigenvalue weighted by atomic mass is 10.1. The normalized spacial score (nSPS) is 10.6. The maximum atomic E-state index is 13.0. The summed E-state index contributed by atoms with van der Waals surface area (Å²) in [5, 5.41) is 1.07.